The van der Waals surface area contributed by atoms with Crippen molar-refractivity contribution in [2.45, 2.75) is 129 Å². The van der Waals surface area contributed by atoms with Crippen LogP contribution in [0.25, 0.3) is 0 Å². The van der Waals surface area contributed by atoms with E-state index in [1.165, 1.54) is 116 Å². The summed E-state index contributed by atoms with van der Waals surface area (Å²) in [7, 11) is 0. The predicted octanol–water partition coefficient (Wildman–Crippen LogP) is 8.06. The minimum atomic E-state index is 0.0931. The highest BCUT2D eigenvalue weighted by atomic mass is 16.2. The van der Waals surface area contributed by atoms with Crippen LogP contribution in [0.15, 0.2) is 12.7 Å². The fourth-order valence-electron chi connectivity index (χ4n) is 4.41. The van der Waals surface area contributed by atoms with Gasteiger partial charge >= 0.3 is 0 Å². The summed E-state index contributed by atoms with van der Waals surface area (Å²) in [6.07, 6.45) is 28.1. The molecule has 1 unspecified atom stereocenters. The molecule has 0 aliphatic carbocycles. The van der Waals surface area contributed by atoms with Crippen molar-refractivity contribution in [1.82, 2.24) is 4.90 Å². The van der Waals surface area contributed by atoms with Crippen molar-refractivity contribution in [1.29, 1.82) is 0 Å². The van der Waals surface area contributed by atoms with Crippen molar-refractivity contribution in [2.75, 3.05) is 13.1 Å². The Hall–Kier alpha value is -0.790. The van der Waals surface area contributed by atoms with E-state index in [0.717, 1.165) is 19.5 Å². The summed E-state index contributed by atoms with van der Waals surface area (Å²) in [4.78, 5) is 14.0. The fourth-order valence-corrected chi connectivity index (χ4v) is 4.41. The third kappa shape index (κ3) is 12.6. The van der Waals surface area contributed by atoms with Crippen LogP contribution in [0.5, 0.6) is 0 Å². The van der Waals surface area contributed by atoms with Crippen molar-refractivity contribution in [3.05, 3.63) is 12.7 Å². The zero-order valence-electron chi connectivity index (χ0n) is 19.1. The molecule has 0 aromatic carbocycles. The SMILES string of the molecule is C=CC1CCN(CCCCCCCCCCCCCCCCCCCC)C1=O. The number of hydrogen-bond donors (Lipinski definition) is 0. The maximum atomic E-state index is 12.0. The van der Waals surface area contributed by atoms with E-state index in [0.29, 0.717) is 5.91 Å². The van der Waals surface area contributed by atoms with Crippen molar-refractivity contribution in [2.24, 2.45) is 5.92 Å². The third-order valence-electron chi connectivity index (χ3n) is 6.40. The van der Waals surface area contributed by atoms with Gasteiger partial charge in [0, 0.05) is 13.1 Å². The van der Waals surface area contributed by atoms with Crippen LogP contribution in [-0.2, 0) is 4.79 Å². The van der Waals surface area contributed by atoms with Gasteiger partial charge in [-0.15, -0.1) is 6.58 Å². The zero-order valence-corrected chi connectivity index (χ0v) is 19.1. The molecule has 0 N–H and O–H groups in total. The van der Waals surface area contributed by atoms with Gasteiger partial charge in [-0.25, -0.2) is 0 Å². The molecular weight excluding hydrogens is 342 g/mol. The molecule has 0 radical (unpaired) electrons. The lowest BCUT2D eigenvalue weighted by molar-refractivity contribution is -0.129. The quantitative estimate of drug-likeness (QED) is 0.152. The normalized spacial score (nSPS) is 16.8. The molecule has 164 valence electrons. The predicted molar refractivity (Wildman–Crippen MR) is 124 cm³/mol. The van der Waals surface area contributed by atoms with E-state index in [1.54, 1.807) is 0 Å². The summed E-state index contributed by atoms with van der Waals surface area (Å²) < 4.78 is 0. The molecule has 1 saturated heterocycles. The van der Waals surface area contributed by atoms with E-state index in [9.17, 15) is 4.79 Å². The first kappa shape index (κ1) is 25.2. The Kier molecular flexibility index (Phi) is 16.5. The van der Waals surface area contributed by atoms with Crippen LogP contribution in [0.4, 0.5) is 0 Å². The van der Waals surface area contributed by atoms with E-state index >= 15 is 0 Å². The highest BCUT2D eigenvalue weighted by Crippen LogP contribution is 2.19. The van der Waals surface area contributed by atoms with Gasteiger partial charge in [0.1, 0.15) is 0 Å². The lowest BCUT2D eigenvalue weighted by atomic mass is 10.0. The average Bonchev–Trinajstić information content (AvgIpc) is 3.06. The first-order valence-electron chi connectivity index (χ1n) is 12.7. The fraction of sp³-hybridized carbons (Fsp3) is 0.885. The van der Waals surface area contributed by atoms with Gasteiger partial charge in [0.05, 0.1) is 5.92 Å². The standard InChI is InChI=1S/C26H49NO/c1-3-5-6-7-8-9-10-11-12-13-14-15-16-17-18-19-20-21-23-27-24-22-25(4-2)26(27)28/h4,25H,2-3,5-24H2,1H3. The number of amides is 1. The summed E-state index contributed by atoms with van der Waals surface area (Å²) in [5.74, 6) is 0.400. The highest BCUT2D eigenvalue weighted by Gasteiger charge is 2.28. The van der Waals surface area contributed by atoms with Crippen LogP contribution in [-0.4, -0.2) is 23.9 Å². The van der Waals surface area contributed by atoms with Crippen molar-refractivity contribution < 1.29 is 4.79 Å². The largest absolute Gasteiger partial charge is 0.342 e. The van der Waals surface area contributed by atoms with E-state index < -0.39 is 0 Å². The third-order valence-corrected chi connectivity index (χ3v) is 6.40. The van der Waals surface area contributed by atoms with Crippen molar-refractivity contribution in [3.8, 4) is 0 Å². The molecule has 1 heterocycles. The lowest BCUT2D eigenvalue weighted by Crippen LogP contribution is -2.27. The number of likely N-dealkylation sites (tertiary alicyclic amines) is 1. The molecule has 2 nitrogen and oxygen atoms in total. The Morgan fingerprint density at radius 1 is 0.750 bits per heavy atom. The molecule has 1 fully saturated rings. The van der Waals surface area contributed by atoms with E-state index in [-0.39, 0.29) is 5.92 Å². The van der Waals surface area contributed by atoms with Crippen LogP contribution >= 0.6 is 0 Å². The minimum Gasteiger partial charge on any atom is -0.342 e. The summed E-state index contributed by atoms with van der Waals surface area (Å²) in [5.41, 5.74) is 0. The molecular formula is C26H49NO. The molecule has 1 atom stereocenters. The first-order valence-corrected chi connectivity index (χ1v) is 12.7. The molecule has 28 heavy (non-hydrogen) atoms. The minimum absolute atomic E-state index is 0.0931. The van der Waals surface area contributed by atoms with Gasteiger partial charge in [0.15, 0.2) is 0 Å². The zero-order chi connectivity index (χ0) is 20.3. The number of unbranched alkanes of at least 4 members (excludes halogenated alkanes) is 17. The molecule has 1 rings (SSSR count). The van der Waals surface area contributed by atoms with Crippen molar-refractivity contribution >= 4 is 5.91 Å². The number of nitrogens with zero attached hydrogens (tertiary/aromatic N) is 1. The molecule has 0 saturated carbocycles. The summed E-state index contributed by atoms with van der Waals surface area (Å²) in [6.45, 7) is 7.95. The second-order valence-corrected chi connectivity index (χ2v) is 8.97. The van der Waals surface area contributed by atoms with Crippen LogP contribution < -0.4 is 0 Å². The second-order valence-electron chi connectivity index (χ2n) is 8.97. The van der Waals surface area contributed by atoms with Gasteiger partial charge in [0.2, 0.25) is 5.91 Å². The first-order chi connectivity index (χ1) is 13.8. The topological polar surface area (TPSA) is 20.3 Å². The van der Waals surface area contributed by atoms with E-state index in [2.05, 4.69) is 13.5 Å². The van der Waals surface area contributed by atoms with Gasteiger partial charge in [-0.1, -0.05) is 122 Å². The van der Waals surface area contributed by atoms with Crippen molar-refractivity contribution in [3.63, 3.8) is 0 Å². The smallest absolute Gasteiger partial charge is 0.229 e. The Bertz CT molecular complexity index is 379. The number of rotatable bonds is 20. The average molecular weight is 392 g/mol. The lowest BCUT2D eigenvalue weighted by Gasteiger charge is -2.15. The summed E-state index contributed by atoms with van der Waals surface area (Å²) >= 11 is 0. The molecule has 0 aromatic rings. The monoisotopic (exact) mass is 391 g/mol. The maximum absolute atomic E-state index is 12.0. The number of carbonyl (C=O) groups excluding carboxylic acids is 1. The Morgan fingerprint density at radius 3 is 1.50 bits per heavy atom. The van der Waals surface area contributed by atoms with Gasteiger partial charge < -0.3 is 4.90 Å². The van der Waals surface area contributed by atoms with Crippen LogP contribution in [0, 0.1) is 5.92 Å². The van der Waals surface area contributed by atoms with Gasteiger partial charge in [-0.05, 0) is 12.8 Å². The molecule has 0 bridgehead atoms. The maximum Gasteiger partial charge on any atom is 0.229 e. The molecule has 2 heteroatoms. The van der Waals surface area contributed by atoms with Crippen LogP contribution in [0.3, 0.4) is 0 Å². The van der Waals surface area contributed by atoms with Gasteiger partial charge in [0.25, 0.3) is 0 Å². The summed E-state index contributed by atoms with van der Waals surface area (Å²) in [5, 5.41) is 0. The number of hydrogen-bond acceptors (Lipinski definition) is 1. The summed E-state index contributed by atoms with van der Waals surface area (Å²) in [6, 6.07) is 0. The van der Waals surface area contributed by atoms with E-state index in [1.807, 2.05) is 11.0 Å². The molecule has 1 aliphatic rings. The number of carbonyl (C=O) groups is 1. The Labute approximate surface area is 176 Å². The van der Waals surface area contributed by atoms with Gasteiger partial charge in [-0.3, -0.25) is 4.79 Å². The van der Waals surface area contributed by atoms with E-state index in [4.69, 9.17) is 0 Å². The molecule has 1 aliphatic heterocycles. The second kappa shape index (κ2) is 18.3. The molecule has 1 amide bonds. The molecule has 0 spiro atoms. The Balaban J connectivity index is 1.72. The van der Waals surface area contributed by atoms with Crippen LogP contribution in [0.2, 0.25) is 0 Å². The van der Waals surface area contributed by atoms with Crippen LogP contribution in [0.1, 0.15) is 129 Å². The Morgan fingerprint density at radius 2 is 1.14 bits per heavy atom. The molecule has 0 aromatic heterocycles. The van der Waals surface area contributed by atoms with Gasteiger partial charge in [-0.2, -0.15) is 0 Å². The highest BCUT2D eigenvalue weighted by molar-refractivity contribution is 5.82.